The lowest BCUT2D eigenvalue weighted by atomic mass is 9.99. The highest BCUT2D eigenvalue weighted by atomic mass is 15.2. The maximum atomic E-state index is 5.30. The molecule has 0 aliphatic rings. The lowest BCUT2D eigenvalue weighted by molar-refractivity contribution is 0.953. The zero-order valence-electron chi connectivity index (χ0n) is 36.9. The molecule has 0 saturated heterocycles. The van der Waals surface area contributed by atoms with Gasteiger partial charge in [-0.05, 0) is 105 Å². The Morgan fingerprint density at radius 1 is 0.221 bits per heavy atom. The minimum Gasteiger partial charge on any atom is -0.309 e. The molecule has 0 aliphatic carbocycles. The Morgan fingerprint density at radius 2 is 0.588 bits per heavy atom. The quantitative estimate of drug-likeness (QED) is 0.153. The average molecular weight is 868 g/mol. The van der Waals surface area contributed by atoms with Gasteiger partial charge in [-0.2, -0.15) is 9.97 Å². The number of nitrogens with zero attached hydrogens (tertiary/aromatic N) is 5. The van der Waals surface area contributed by atoms with Crippen LogP contribution in [0.25, 0.3) is 123 Å². The second kappa shape index (κ2) is 16.4. The van der Waals surface area contributed by atoms with Gasteiger partial charge in [0.2, 0.25) is 5.95 Å². The number of hydrogen-bond acceptors (Lipinski definition) is 3. The molecule has 0 saturated carbocycles. The third-order valence-electron chi connectivity index (χ3n) is 13.2. The van der Waals surface area contributed by atoms with Crippen LogP contribution in [0.2, 0.25) is 0 Å². The molecule has 0 radical (unpaired) electrons. The van der Waals surface area contributed by atoms with E-state index in [4.69, 9.17) is 15.0 Å². The molecule has 0 N–H and O–H groups in total. The van der Waals surface area contributed by atoms with Crippen molar-refractivity contribution in [1.82, 2.24) is 24.1 Å². The van der Waals surface area contributed by atoms with E-state index in [2.05, 4.69) is 234 Å². The highest BCUT2D eigenvalue weighted by molar-refractivity contribution is 6.13. The van der Waals surface area contributed by atoms with Crippen molar-refractivity contribution in [3.8, 4) is 78.9 Å². The Kier molecular flexibility index (Phi) is 9.43. The molecule has 5 nitrogen and oxygen atoms in total. The number of hydrogen-bond donors (Lipinski definition) is 0. The monoisotopic (exact) mass is 867 g/mol. The summed E-state index contributed by atoms with van der Waals surface area (Å²) in [5.41, 5.74) is 16.7. The molecule has 0 atom stereocenters. The Balaban J connectivity index is 0.946. The van der Waals surface area contributed by atoms with E-state index in [1.807, 2.05) is 24.3 Å². The Hall–Kier alpha value is -9.19. The van der Waals surface area contributed by atoms with Crippen LogP contribution in [0, 0.1) is 0 Å². The Morgan fingerprint density at radius 3 is 1.19 bits per heavy atom. The average Bonchev–Trinajstić information content (AvgIpc) is 3.93. The van der Waals surface area contributed by atoms with E-state index in [1.54, 1.807) is 0 Å². The van der Waals surface area contributed by atoms with Gasteiger partial charge in [-0.15, -0.1) is 0 Å². The van der Waals surface area contributed by atoms with Gasteiger partial charge in [-0.1, -0.05) is 188 Å². The summed E-state index contributed by atoms with van der Waals surface area (Å²) in [5, 5.41) is 4.68. The summed E-state index contributed by atoms with van der Waals surface area (Å²) in [4.78, 5) is 15.7. The topological polar surface area (TPSA) is 48.5 Å². The van der Waals surface area contributed by atoms with E-state index in [0.717, 1.165) is 60.9 Å². The van der Waals surface area contributed by atoms with Gasteiger partial charge in [-0.3, -0.25) is 4.57 Å². The first kappa shape index (κ1) is 39.2. The van der Waals surface area contributed by atoms with Gasteiger partial charge in [0.25, 0.3) is 0 Å². The zero-order chi connectivity index (χ0) is 45.0. The number of aromatic nitrogens is 5. The van der Waals surface area contributed by atoms with Gasteiger partial charge in [-0.25, -0.2) is 4.98 Å². The highest BCUT2D eigenvalue weighted by Gasteiger charge is 2.20. The third-order valence-corrected chi connectivity index (χ3v) is 13.2. The van der Waals surface area contributed by atoms with Crippen LogP contribution in [0.1, 0.15) is 0 Å². The smallest absolute Gasteiger partial charge is 0.238 e. The fourth-order valence-electron chi connectivity index (χ4n) is 9.87. The molecule has 0 amide bonds. The number of benzene rings is 10. The van der Waals surface area contributed by atoms with Gasteiger partial charge in [0.05, 0.1) is 22.1 Å². The van der Waals surface area contributed by atoms with Crippen LogP contribution >= 0.6 is 0 Å². The maximum absolute atomic E-state index is 5.30. The predicted octanol–water partition coefficient (Wildman–Crippen LogP) is 16.1. The van der Waals surface area contributed by atoms with Crippen LogP contribution in [0.3, 0.4) is 0 Å². The molecule has 3 aromatic heterocycles. The fourth-order valence-corrected chi connectivity index (χ4v) is 9.87. The van der Waals surface area contributed by atoms with Crippen molar-refractivity contribution < 1.29 is 0 Å². The van der Waals surface area contributed by atoms with E-state index in [0.29, 0.717) is 17.6 Å². The van der Waals surface area contributed by atoms with Gasteiger partial charge in [0, 0.05) is 38.4 Å². The first-order valence-corrected chi connectivity index (χ1v) is 23.0. The second-order valence-electron chi connectivity index (χ2n) is 17.3. The number of fused-ring (bicyclic) bond motifs is 6. The van der Waals surface area contributed by atoms with Gasteiger partial charge >= 0.3 is 0 Å². The number of para-hydroxylation sites is 2. The molecule has 13 aromatic rings. The molecule has 0 unspecified atom stereocenters. The van der Waals surface area contributed by atoms with E-state index in [9.17, 15) is 0 Å². The van der Waals surface area contributed by atoms with Gasteiger partial charge in [0.1, 0.15) is 0 Å². The van der Waals surface area contributed by atoms with Crippen LogP contribution in [0.15, 0.2) is 249 Å². The lowest BCUT2D eigenvalue weighted by Gasteiger charge is -2.12. The van der Waals surface area contributed by atoms with Gasteiger partial charge < -0.3 is 4.57 Å². The summed E-state index contributed by atoms with van der Waals surface area (Å²) in [7, 11) is 0. The normalized spacial score (nSPS) is 11.5. The zero-order valence-corrected chi connectivity index (χ0v) is 36.9. The summed E-state index contributed by atoms with van der Waals surface area (Å²) in [6.07, 6.45) is 0. The molecule has 5 heteroatoms. The fraction of sp³-hybridized carbons (Fsp3) is 0. The highest BCUT2D eigenvalue weighted by Crippen LogP contribution is 2.40. The summed E-state index contributed by atoms with van der Waals surface area (Å²) in [5.74, 6) is 1.79. The van der Waals surface area contributed by atoms with E-state index < -0.39 is 0 Å². The molecular formula is C63H41N5. The number of rotatable bonds is 8. The molecule has 3 heterocycles. The van der Waals surface area contributed by atoms with Crippen molar-refractivity contribution in [3.05, 3.63) is 249 Å². The SMILES string of the molecule is c1ccc(-c2ccc(-c3cccc(-c4nc(-c5ccccc5)nc(-n5c6ccccc6c6cc(-c7ccc8c(c7)c7cc(-c9ccccc9)ccc7n8-c7ccccc7)ccc65)n4)c3)cc2)cc1. The molecule has 0 aliphatic heterocycles. The van der Waals surface area contributed by atoms with Crippen molar-refractivity contribution in [2.45, 2.75) is 0 Å². The minimum absolute atomic E-state index is 0.565. The molecule has 318 valence electrons. The molecule has 0 fully saturated rings. The van der Waals surface area contributed by atoms with Crippen LogP contribution < -0.4 is 0 Å². The molecule has 0 bridgehead atoms. The Bertz CT molecular complexity index is 3990. The van der Waals surface area contributed by atoms with Gasteiger partial charge in [0.15, 0.2) is 11.6 Å². The van der Waals surface area contributed by atoms with E-state index in [-0.39, 0.29) is 0 Å². The van der Waals surface area contributed by atoms with Crippen LogP contribution in [-0.4, -0.2) is 24.1 Å². The van der Waals surface area contributed by atoms with Crippen LogP contribution in [0.5, 0.6) is 0 Å². The molecule has 0 spiro atoms. The molecule has 10 aromatic carbocycles. The second-order valence-corrected chi connectivity index (χ2v) is 17.3. The molecule has 13 rings (SSSR count). The summed E-state index contributed by atoms with van der Waals surface area (Å²) >= 11 is 0. The van der Waals surface area contributed by atoms with E-state index >= 15 is 0 Å². The van der Waals surface area contributed by atoms with Crippen LogP contribution in [0.4, 0.5) is 0 Å². The van der Waals surface area contributed by atoms with Crippen LogP contribution in [-0.2, 0) is 0 Å². The van der Waals surface area contributed by atoms with Crippen molar-refractivity contribution in [1.29, 1.82) is 0 Å². The lowest BCUT2D eigenvalue weighted by Crippen LogP contribution is -2.06. The largest absolute Gasteiger partial charge is 0.309 e. The minimum atomic E-state index is 0.565. The van der Waals surface area contributed by atoms with Crippen molar-refractivity contribution >= 4 is 43.6 Å². The predicted molar refractivity (Wildman–Crippen MR) is 281 cm³/mol. The first-order valence-electron chi connectivity index (χ1n) is 23.0. The maximum Gasteiger partial charge on any atom is 0.238 e. The van der Waals surface area contributed by atoms with Crippen molar-refractivity contribution in [2.24, 2.45) is 0 Å². The van der Waals surface area contributed by atoms with Crippen molar-refractivity contribution in [3.63, 3.8) is 0 Å². The Labute approximate surface area is 393 Å². The summed E-state index contributed by atoms with van der Waals surface area (Å²) in [6.45, 7) is 0. The summed E-state index contributed by atoms with van der Waals surface area (Å²) in [6, 6.07) is 88.3. The molecular weight excluding hydrogens is 827 g/mol. The summed E-state index contributed by atoms with van der Waals surface area (Å²) < 4.78 is 4.58. The van der Waals surface area contributed by atoms with E-state index in [1.165, 1.54) is 44.1 Å². The standard InChI is InChI=1S/C63H41N5/c1-5-16-42(17-6-1)44-28-30-45(31-29-44)47-22-15-23-51(38-47)62-64-61(46-20-9-3-10-21-46)65-63(66-62)68-57-27-14-13-26-53(57)54-40-49(34-37-60(54)68)50-33-36-59-56(41-50)55-39-48(43-18-7-2-8-19-43)32-35-58(55)67(59)52-24-11-4-12-25-52/h1-41H. The van der Waals surface area contributed by atoms with Crippen molar-refractivity contribution in [2.75, 3.05) is 0 Å². The first-order chi connectivity index (χ1) is 33.7. The molecule has 68 heavy (non-hydrogen) atoms. The third kappa shape index (κ3) is 6.84.